The lowest BCUT2D eigenvalue weighted by atomic mass is 10.1. The Kier molecular flexibility index (Phi) is 5.55. The van der Waals surface area contributed by atoms with E-state index in [2.05, 4.69) is 15.1 Å². The maximum absolute atomic E-state index is 13.0. The first-order valence-corrected chi connectivity index (χ1v) is 9.86. The van der Waals surface area contributed by atoms with Crippen molar-refractivity contribution in [1.82, 2.24) is 20.0 Å². The van der Waals surface area contributed by atoms with Crippen LogP contribution in [0.3, 0.4) is 0 Å². The summed E-state index contributed by atoms with van der Waals surface area (Å²) in [6, 6.07) is 11.3. The summed E-state index contributed by atoms with van der Waals surface area (Å²) in [5.74, 6) is 1.86. The van der Waals surface area contributed by atoms with Gasteiger partial charge in [-0.1, -0.05) is 17.3 Å². The van der Waals surface area contributed by atoms with E-state index in [1.165, 1.54) is 0 Å². The van der Waals surface area contributed by atoms with Gasteiger partial charge >= 0.3 is 0 Å². The summed E-state index contributed by atoms with van der Waals surface area (Å²) < 4.78 is 11.3. The van der Waals surface area contributed by atoms with E-state index in [0.717, 1.165) is 29.8 Å². The van der Waals surface area contributed by atoms with Crippen molar-refractivity contribution in [2.75, 3.05) is 13.2 Å². The number of rotatable bonds is 6. The van der Waals surface area contributed by atoms with Crippen molar-refractivity contribution in [3.63, 3.8) is 0 Å². The fraction of sp³-hybridized carbons (Fsp3) is 0.364. The van der Waals surface area contributed by atoms with Crippen LogP contribution in [0.5, 0.6) is 5.75 Å². The molecule has 1 aliphatic heterocycles. The lowest BCUT2D eigenvalue weighted by molar-refractivity contribution is 0.0709. The lowest BCUT2D eigenvalue weighted by Crippen LogP contribution is -2.31. The first kappa shape index (κ1) is 19.1. The van der Waals surface area contributed by atoms with Crippen molar-refractivity contribution >= 4 is 5.91 Å². The molecule has 4 rings (SSSR count). The van der Waals surface area contributed by atoms with E-state index in [1.54, 1.807) is 12.3 Å². The average Bonchev–Trinajstić information content (AvgIpc) is 3.37. The van der Waals surface area contributed by atoms with E-state index in [0.29, 0.717) is 36.9 Å². The second-order valence-corrected chi connectivity index (χ2v) is 7.26. The fourth-order valence-corrected chi connectivity index (χ4v) is 3.60. The second kappa shape index (κ2) is 8.43. The summed E-state index contributed by atoms with van der Waals surface area (Å²) in [5, 5.41) is 4.08. The van der Waals surface area contributed by atoms with Gasteiger partial charge in [-0.3, -0.25) is 9.78 Å². The summed E-state index contributed by atoms with van der Waals surface area (Å²) in [5.41, 5.74) is 2.49. The van der Waals surface area contributed by atoms with Crippen molar-refractivity contribution < 1.29 is 14.1 Å². The number of amides is 1. The number of carbonyl (C=O) groups excluding carboxylic acids is 1. The minimum absolute atomic E-state index is 0.0411. The molecule has 1 fully saturated rings. The van der Waals surface area contributed by atoms with E-state index in [-0.39, 0.29) is 11.9 Å². The van der Waals surface area contributed by atoms with Gasteiger partial charge in [0.05, 0.1) is 12.2 Å². The van der Waals surface area contributed by atoms with Gasteiger partial charge in [0.25, 0.3) is 5.91 Å². The zero-order valence-corrected chi connectivity index (χ0v) is 16.7. The summed E-state index contributed by atoms with van der Waals surface area (Å²) >= 11 is 0. The average molecular weight is 392 g/mol. The quantitative estimate of drug-likeness (QED) is 0.636. The van der Waals surface area contributed by atoms with Crippen LogP contribution in [0.1, 0.15) is 52.2 Å². The number of hydrogen-bond donors (Lipinski definition) is 0. The predicted octanol–water partition coefficient (Wildman–Crippen LogP) is 3.68. The van der Waals surface area contributed by atoms with E-state index in [1.807, 2.05) is 49.1 Å². The van der Waals surface area contributed by atoms with E-state index in [4.69, 9.17) is 9.26 Å². The maximum atomic E-state index is 13.0. The smallest absolute Gasteiger partial charge is 0.256 e. The van der Waals surface area contributed by atoms with Crippen LogP contribution in [0.15, 0.2) is 47.1 Å². The maximum Gasteiger partial charge on any atom is 0.256 e. The predicted molar refractivity (Wildman–Crippen MR) is 107 cm³/mol. The third-order valence-electron chi connectivity index (χ3n) is 5.10. The molecule has 1 atom stereocenters. The number of likely N-dealkylation sites (tertiary alicyclic amines) is 1. The first-order valence-electron chi connectivity index (χ1n) is 9.86. The van der Waals surface area contributed by atoms with Crippen molar-refractivity contribution in [1.29, 1.82) is 0 Å². The molecule has 3 heterocycles. The van der Waals surface area contributed by atoms with Crippen LogP contribution in [0.2, 0.25) is 0 Å². The highest BCUT2D eigenvalue weighted by atomic mass is 16.5. The number of benzene rings is 1. The highest BCUT2D eigenvalue weighted by Crippen LogP contribution is 2.32. The highest BCUT2D eigenvalue weighted by Gasteiger charge is 2.35. The van der Waals surface area contributed by atoms with Crippen LogP contribution in [0.25, 0.3) is 0 Å². The molecule has 7 nitrogen and oxygen atoms in total. The molecular formula is C22H24N4O3. The Hall–Kier alpha value is -3.22. The Morgan fingerprint density at radius 2 is 2.17 bits per heavy atom. The molecule has 150 valence electrons. The van der Waals surface area contributed by atoms with E-state index >= 15 is 0 Å². The summed E-state index contributed by atoms with van der Waals surface area (Å²) in [4.78, 5) is 23.5. The zero-order chi connectivity index (χ0) is 20.2. The van der Waals surface area contributed by atoms with Crippen molar-refractivity contribution in [3.05, 3.63) is 71.1 Å². The van der Waals surface area contributed by atoms with Gasteiger partial charge in [-0.05, 0) is 56.5 Å². The van der Waals surface area contributed by atoms with Gasteiger partial charge in [-0.25, -0.2) is 0 Å². The monoisotopic (exact) mass is 392 g/mol. The van der Waals surface area contributed by atoms with Crippen molar-refractivity contribution in [2.24, 2.45) is 0 Å². The molecule has 3 aromatic rings. The van der Waals surface area contributed by atoms with Gasteiger partial charge in [0.15, 0.2) is 5.82 Å². The number of aryl methyl sites for hydroxylation is 2. The normalized spacial score (nSPS) is 16.2. The molecule has 1 saturated heterocycles. The third kappa shape index (κ3) is 4.29. The number of ether oxygens (including phenoxy) is 1. The summed E-state index contributed by atoms with van der Waals surface area (Å²) in [6.45, 7) is 5.01. The largest absolute Gasteiger partial charge is 0.493 e. The molecule has 0 aliphatic carbocycles. The zero-order valence-electron chi connectivity index (χ0n) is 16.7. The number of hydrogen-bond acceptors (Lipinski definition) is 6. The van der Waals surface area contributed by atoms with Crippen molar-refractivity contribution in [3.8, 4) is 5.75 Å². The molecule has 0 saturated carbocycles. The highest BCUT2D eigenvalue weighted by molar-refractivity contribution is 5.95. The van der Waals surface area contributed by atoms with Gasteiger partial charge in [0, 0.05) is 24.9 Å². The molecule has 29 heavy (non-hydrogen) atoms. The topological polar surface area (TPSA) is 81.4 Å². The Bertz CT molecular complexity index is 1000. The molecule has 1 unspecified atom stereocenters. The molecule has 2 aromatic heterocycles. The third-order valence-corrected chi connectivity index (χ3v) is 5.10. The van der Waals surface area contributed by atoms with Crippen LogP contribution in [0.4, 0.5) is 0 Å². The van der Waals surface area contributed by atoms with Gasteiger partial charge in [-0.2, -0.15) is 4.98 Å². The molecular weight excluding hydrogens is 368 g/mol. The summed E-state index contributed by atoms with van der Waals surface area (Å²) in [6.07, 6.45) is 3.95. The standard InChI is InChI=1S/C22H24N4O3/c1-15-6-3-7-17(14-15)28-13-10-20-24-21(29-25-20)19-9-5-12-26(19)22(27)18-8-4-11-23-16(18)2/h3-4,6-8,11,14,19H,5,9-10,12-13H2,1-2H3. The molecule has 7 heteroatoms. The van der Waals surface area contributed by atoms with E-state index < -0.39 is 0 Å². The molecule has 1 aliphatic rings. The minimum Gasteiger partial charge on any atom is -0.493 e. The summed E-state index contributed by atoms with van der Waals surface area (Å²) in [7, 11) is 0. The second-order valence-electron chi connectivity index (χ2n) is 7.26. The van der Waals surface area contributed by atoms with Crippen LogP contribution in [-0.4, -0.2) is 39.1 Å². The Labute approximate surface area is 169 Å². The van der Waals surface area contributed by atoms with Gasteiger partial charge in [0.2, 0.25) is 5.89 Å². The Balaban J connectivity index is 1.40. The minimum atomic E-state index is -0.193. The fourth-order valence-electron chi connectivity index (χ4n) is 3.60. The lowest BCUT2D eigenvalue weighted by Gasteiger charge is -2.22. The molecule has 1 amide bonds. The molecule has 0 bridgehead atoms. The molecule has 1 aromatic carbocycles. The van der Waals surface area contributed by atoms with E-state index in [9.17, 15) is 4.79 Å². The van der Waals surface area contributed by atoms with Gasteiger partial charge in [-0.15, -0.1) is 0 Å². The number of pyridine rings is 1. The molecule has 0 spiro atoms. The number of nitrogens with zero attached hydrogens (tertiary/aromatic N) is 4. The Morgan fingerprint density at radius 1 is 1.28 bits per heavy atom. The van der Waals surface area contributed by atoms with Crippen LogP contribution >= 0.6 is 0 Å². The van der Waals surface area contributed by atoms with Crippen molar-refractivity contribution in [2.45, 2.75) is 39.2 Å². The molecule has 0 radical (unpaired) electrons. The van der Waals surface area contributed by atoms with Crippen LogP contribution < -0.4 is 4.74 Å². The first-order chi connectivity index (χ1) is 14.1. The van der Waals surface area contributed by atoms with Gasteiger partial charge in [0.1, 0.15) is 11.8 Å². The Morgan fingerprint density at radius 3 is 3.00 bits per heavy atom. The number of aromatic nitrogens is 3. The van der Waals surface area contributed by atoms with Gasteiger partial charge < -0.3 is 14.2 Å². The molecule has 0 N–H and O–H groups in total. The van der Waals surface area contributed by atoms with Crippen LogP contribution in [-0.2, 0) is 6.42 Å². The number of carbonyl (C=O) groups is 1. The SMILES string of the molecule is Cc1cccc(OCCc2noc(C3CCCN3C(=O)c3cccnc3C)n2)c1. The van der Waals surface area contributed by atoms with Crippen LogP contribution in [0, 0.1) is 13.8 Å².